The average Bonchev–Trinajstić information content (AvgIpc) is 2.99. The third kappa shape index (κ3) is 11.6. The molecule has 0 aromatic heterocycles. The third-order valence-corrected chi connectivity index (χ3v) is 5.09. The highest BCUT2D eigenvalue weighted by atomic mass is 16.6. The van der Waals surface area contributed by atoms with Gasteiger partial charge in [0.15, 0.2) is 0 Å². The molecule has 220 valence electrons. The van der Waals surface area contributed by atoms with Gasteiger partial charge in [0.25, 0.3) is 0 Å². The molecule has 11 heteroatoms. The quantitative estimate of drug-likeness (QED) is 0.100. The number of esters is 4. The molecule has 2 aromatic rings. The largest absolute Gasteiger partial charge is 0.459 e. The molecule has 0 amide bonds. The molecule has 0 unspecified atom stereocenters. The maximum atomic E-state index is 12.2. The van der Waals surface area contributed by atoms with E-state index in [1.807, 2.05) is 0 Å². The summed E-state index contributed by atoms with van der Waals surface area (Å²) in [5.74, 6) is -2.00. The van der Waals surface area contributed by atoms with E-state index in [1.54, 1.807) is 60.7 Å². The van der Waals surface area contributed by atoms with Crippen molar-refractivity contribution in [2.45, 2.75) is 13.8 Å². The van der Waals surface area contributed by atoms with Crippen molar-refractivity contribution in [3.63, 3.8) is 0 Å². The van der Waals surface area contributed by atoms with Gasteiger partial charge in [-0.1, -0.05) is 37.4 Å². The summed E-state index contributed by atoms with van der Waals surface area (Å²) < 4.78 is 25.4. The summed E-state index contributed by atoms with van der Waals surface area (Å²) in [6.45, 7) is 9.11. The normalized spacial score (nSPS) is 10.8. The Kier molecular flexibility index (Phi) is 13.2. The molecule has 0 atom stereocenters. The van der Waals surface area contributed by atoms with Crippen molar-refractivity contribution in [1.29, 1.82) is 10.5 Å². The molecule has 0 aliphatic rings. The fourth-order valence-corrected chi connectivity index (χ4v) is 2.95. The molecular weight excluding hydrogens is 556 g/mol. The number of ether oxygens (including phenoxy) is 5. The van der Waals surface area contributed by atoms with Crippen LogP contribution in [0.15, 0.2) is 84.0 Å². The Labute approximate surface area is 248 Å². The van der Waals surface area contributed by atoms with Crippen molar-refractivity contribution in [3.8, 4) is 23.6 Å². The van der Waals surface area contributed by atoms with Crippen LogP contribution in [-0.2, 0) is 38.1 Å². The molecule has 43 heavy (non-hydrogen) atoms. The number of benzene rings is 2. The minimum absolute atomic E-state index is 0.165. The zero-order valence-electron chi connectivity index (χ0n) is 23.6. The summed E-state index contributed by atoms with van der Waals surface area (Å²) in [4.78, 5) is 47.0. The molecule has 2 rings (SSSR count). The number of carbonyl (C=O) groups excluding carboxylic acids is 4. The van der Waals surface area contributed by atoms with Crippen molar-refractivity contribution in [3.05, 3.63) is 95.1 Å². The van der Waals surface area contributed by atoms with Gasteiger partial charge in [0.1, 0.15) is 61.2 Å². The molecular formula is C32H28N2O9. The van der Waals surface area contributed by atoms with Gasteiger partial charge in [0.05, 0.1) is 0 Å². The van der Waals surface area contributed by atoms with Crippen LogP contribution in [0.25, 0.3) is 12.2 Å². The minimum Gasteiger partial charge on any atom is -0.459 e. The predicted octanol–water partition coefficient (Wildman–Crippen LogP) is 4.62. The van der Waals surface area contributed by atoms with Gasteiger partial charge < -0.3 is 23.7 Å². The van der Waals surface area contributed by atoms with E-state index >= 15 is 0 Å². The van der Waals surface area contributed by atoms with Crippen molar-refractivity contribution < 1.29 is 42.9 Å². The van der Waals surface area contributed by atoms with Gasteiger partial charge in [-0.25, -0.2) is 19.2 Å². The second-order valence-corrected chi connectivity index (χ2v) is 8.68. The Morgan fingerprint density at radius 3 is 1.19 bits per heavy atom. The first kappa shape index (κ1) is 33.3. The molecule has 0 aliphatic heterocycles. The van der Waals surface area contributed by atoms with Crippen molar-refractivity contribution in [1.82, 2.24) is 0 Å². The van der Waals surface area contributed by atoms with Crippen LogP contribution < -0.4 is 4.74 Å². The lowest BCUT2D eigenvalue weighted by Gasteiger charge is -2.07. The monoisotopic (exact) mass is 584 g/mol. The van der Waals surface area contributed by atoms with Crippen LogP contribution in [0.2, 0.25) is 0 Å². The molecule has 0 fully saturated rings. The number of nitriles is 2. The number of carbonyl (C=O) groups is 4. The first-order valence-corrected chi connectivity index (χ1v) is 12.6. The topological polar surface area (TPSA) is 162 Å². The van der Waals surface area contributed by atoms with Crippen LogP contribution in [0.1, 0.15) is 25.0 Å². The molecule has 0 spiro atoms. The Hall–Kier alpha value is -5.94. The second-order valence-electron chi connectivity index (χ2n) is 8.68. The molecule has 11 nitrogen and oxygen atoms in total. The lowest BCUT2D eigenvalue weighted by Crippen LogP contribution is -2.15. The number of hydrogen-bond acceptors (Lipinski definition) is 11. The molecule has 0 bridgehead atoms. The van der Waals surface area contributed by atoms with E-state index in [1.165, 1.54) is 26.0 Å². The summed E-state index contributed by atoms with van der Waals surface area (Å²) in [6.07, 6.45) is 2.69. The van der Waals surface area contributed by atoms with Gasteiger partial charge in [0.2, 0.25) is 0 Å². The first-order chi connectivity index (χ1) is 20.5. The van der Waals surface area contributed by atoms with Gasteiger partial charge in [-0.2, -0.15) is 10.5 Å². The Morgan fingerprint density at radius 2 is 0.907 bits per heavy atom. The second kappa shape index (κ2) is 17.0. The van der Waals surface area contributed by atoms with E-state index in [4.69, 9.17) is 23.7 Å². The maximum absolute atomic E-state index is 12.2. The summed E-state index contributed by atoms with van der Waals surface area (Å²) in [6, 6.07) is 16.6. The van der Waals surface area contributed by atoms with E-state index in [2.05, 4.69) is 13.2 Å². The molecule has 0 radical (unpaired) electrons. The van der Waals surface area contributed by atoms with Gasteiger partial charge in [-0.3, -0.25) is 0 Å². The lowest BCUT2D eigenvalue weighted by atomic mass is 10.1. The SMILES string of the molecule is C=C(C)C(=O)OCCOC(=O)C(C#N)=Cc1ccc(Oc2ccc(C=C(C#N)C(=O)OCCOC(=O)C(=C)C)cc2)cc1. The Balaban J connectivity index is 1.93. The molecule has 0 saturated heterocycles. The van der Waals surface area contributed by atoms with Gasteiger partial charge in [-0.15, -0.1) is 0 Å². The first-order valence-electron chi connectivity index (χ1n) is 12.6. The van der Waals surface area contributed by atoms with Crippen molar-refractivity contribution in [2.24, 2.45) is 0 Å². The van der Waals surface area contributed by atoms with Gasteiger partial charge >= 0.3 is 23.9 Å². The van der Waals surface area contributed by atoms with E-state index < -0.39 is 23.9 Å². The highest BCUT2D eigenvalue weighted by molar-refractivity contribution is 5.98. The van der Waals surface area contributed by atoms with E-state index in [-0.39, 0.29) is 48.7 Å². The summed E-state index contributed by atoms with van der Waals surface area (Å²) in [7, 11) is 0. The molecule has 2 aromatic carbocycles. The highest BCUT2D eigenvalue weighted by Gasteiger charge is 2.13. The van der Waals surface area contributed by atoms with Crippen LogP contribution in [0, 0.1) is 22.7 Å². The van der Waals surface area contributed by atoms with E-state index in [9.17, 15) is 29.7 Å². The van der Waals surface area contributed by atoms with E-state index in [0.717, 1.165) is 0 Å². The van der Waals surface area contributed by atoms with Gasteiger partial charge in [0, 0.05) is 11.1 Å². The predicted molar refractivity (Wildman–Crippen MR) is 154 cm³/mol. The van der Waals surface area contributed by atoms with Gasteiger partial charge in [-0.05, 0) is 61.4 Å². The van der Waals surface area contributed by atoms with Crippen molar-refractivity contribution >= 4 is 36.0 Å². The number of hydrogen-bond donors (Lipinski definition) is 0. The summed E-state index contributed by atoms with van der Waals surface area (Å²) in [5, 5.41) is 18.6. The van der Waals surface area contributed by atoms with E-state index in [0.29, 0.717) is 22.6 Å². The highest BCUT2D eigenvalue weighted by Crippen LogP contribution is 2.23. The van der Waals surface area contributed by atoms with Crippen LogP contribution in [0.3, 0.4) is 0 Å². The van der Waals surface area contributed by atoms with Crippen molar-refractivity contribution in [2.75, 3.05) is 26.4 Å². The van der Waals surface area contributed by atoms with Crippen LogP contribution in [-0.4, -0.2) is 50.3 Å². The Bertz CT molecular complexity index is 1400. The molecule has 0 aliphatic carbocycles. The standard InChI is InChI=1S/C32H28N2O9/c1-21(2)29(35)39-13-15-41-31(37)25(19-33)17-23-5-9-27(10-6-23)43-28-11-7-24(8-12-28)18-26(20-34)32(38)42-16-14-40-30(36)22(3)4/h5-12,17-18H,1,3,13-16H2,2,4H3. The number of rotatable bonds is 14. The average molecular weight is 585 g/mol. The smallest absolute Gasteiger partial charge is 0.349 e. The fourth-order valence-electron chi connectivity index (χ4n) is 2.95. The number of nitrogens with zero attached hydrogens (tertiary/aromatic N) is 2. The summed E-state index contributed by atoms with van der Waals surface area (Å²) in [5.41, 5.74) is 1.03. The molecule has 0 saturated carbocycles. The third-order valence-electron chi connectivity index (χ3n) is 5.09. The fraction of sp³-hybridized carbons (Fsp3) is 0.188. The summed E-state index contributed by atoms with van der Waals surface area (Å²) >= 11 is 0. The van der Waals surface area contributed by atoms with Crippen LogP contribution in [0.5, 0.6) is 11.5 Å². The molecule has 0 heterocycles. The lowest BCUT2D eigenvalue weighted by molar-refractivity contribution is -0.147. The zero-order chi connectivity index (χ0) is 31.8. The van der Waals surface area contributed by atoms with Crippen LogP contribution >= 0.6 is 0 Å². The Morgan fingerprint density at radius 1 is 0.605 bits per heavy atom. The molecule has 0 N–H and O–H groups in total. The van der Waals surface area contributed by atoms with Crippen LogP contribution in [0.4, 0.5) is 0 Å². The zero-order valence-corrected chi connectivity index (χ0v) is 23.6. The minimum atomic E-state index is -0.861. The maximum Gasteiger partial charge on any atom is 0.349 e.